The molecule has 0 radical (unpaired) electrons. The van der Waals surface area contributed by atoms with Gasteiger partial charge in [0.1, 0.15) is 17.8 Å². The summed E-state index contributed by atoms with van der Waals surface area (Å²) in [5.74, 6) is -0.821. The first-order valence-electron chi connectivity index (χ1n) is 10.6. The lowest BCUT2D eigenvalue weighted by molar-refractivity contribution is -0.274. The summed E-state index contributed by atoms with van der Waals surface area (Å²) in [7, 11) is 0. The molecule has 0 aliphatic rings. The van der Waals surface area contributed by atoms with Crippen molar-refractivity contribution in [2.75, 3.05) is 6.61 Å². The highest BCUT2D eigenvalue weighted by atomic mass is 19.4. The molecule has 2 aromatic heterocycles. The van der Waals surface area contributed by atoms with Gasteiger partial charge in [0.25, 0.3) is 5.56 Å². The highest BCUT2D eigenvalue weighted by Crippen LogP contribution is 2.28. The van der Waals surface area contributed by atoms with Crippen molar-refractivity contribution < 1.29 is 27.8 Å². The molecular formula is C23H26F3N3O4. The maximum atomic E-state index is 13.3. The van der Waals surface area contributed by atoms with Crippen LogP contribution in [0.15, 0.2) is 47.5 Å². The number of alkyl halides is 3. The van der Waals surface area contributed by atoms with Crippen LogP contribution in [-0.4, -0.2) is 39.0 Å². The van der Waals surface area contributed by atoms with Crippen molar-refractivity contribution in [3.8, 4) is 17.0 Å². The number of aliphatic hydroxyl groups is 1. The summed E-state index contributed by atoms with van der Waals surface area (Å²) < 4.78 is 45.0. The fraction of sp³-hybridized carbons (Fsp3) is 0.391. The van der Waals surface area contributed by atoms with Crippen LogP contribution in [0.2, 0.25) is 0 Å². The van der Waals surface area contributed by atoms with Crippen LogP contribution in [0.1, 0.15) is 32.3 Å². The monoisotopic (exact) mass is 465 g/mol. The van der Waals surface area contributed by atoms with Crippen LogP contribution in [0.25, 0.3) is 16.8 Å². The summed E-state index contributed by atoms with van der Waals surface area (Å²) in [5, 5.41) is 11.7. The second-order valence-corrected chi connectivity index (χ2v) is 8.03. The first-order valence-corrected chi connectivity index (χ1v) is 10.6. The zero-order valence-corrected chi connectivity index (χ0v) is 18.4. The largest absolute Gasteiger partial charge is 0.573 e. The lowest BCUT2D eigenvalue weighted by Gasteiger charge is -2.16. The molecule has 3 aromatic rings. The Bertz CT molecular complexity index is 1180. The van der Waals surface area contributed by atoms with E-state index in [9.17, 15) is 22.8 Å². The third kappa shape index (κ3) is 6.38. The number of hydrogen-bond acceptors (Lipinski definition) is 4. The van der Waals surface area contributed by atoms with Crippen molar-refractivity contribution in [1.29, 1.82) is 0 Å². The second-order valence-electron chi connectivity index (χ2n) is 8.03. The number of nitrogens with zero attached hydrogens (tertiary/aromatic N) is 2. The van der Waals surface area contributed by atoms with Crippen LogP contribution in [0, 0.1) is 0 Å². The highest BCUT2D eigenvalue weighted by molar-refractivity contribution is 5.77. The van der Waals surface area contributed by atoms with Crippen LogP contribution in [-0.2, 0) is 17.8 Å². The average Bonchev–Trinajstić information content (AvgIpc) is 3.12. The Morgan fingerprint density at radius 2 is 1.94 bits per heavy atom. The molecule has 0 unspecified atom stereocenters. The minimum atomic E-state index is -4.86. The Hall–Kier alpha value is -3.27. The number of ether oxygens (including phenoxy) is 1. The number of fused-ring (bicyclic) bond motifs is 1. The standard InChI is InChI=1S/C23H26F3N3O4/c1-15(2)27-21(31)14-29-20(17-7-5-8-18(11-17)33-23(24,25)26)13-28-12-16(6-3-4-9-30)10-19(28)22(29)32/h5,7-8,10-13,15,30H,3-4,6,9,14H2,1-2H3,(H,27,31). The molecule has 0 spiro atoms. The number of aliphatic hydroxyl groups excluding tert-OH is 1. The van der Waals surface area contributed by atoms with Crippen molar-refractivity contribution in [2.24, 2.45) is 0 Å². The van der Waals surface area contributed by atoms with E-state index >= 15 is 0 Å². The van der Waals surface area contributed by atoms with Crippen molar-refractivity contribution in [1.82, 2.24) is 14.3 Å². The van der Waals surface area contributed by atoms with Crippen LogP contribution in [0.4, 0.5) is 13.2 Å². The van der Waals surface area contributed by atoms with Gasteiger partial charge in [0.2, 0.25) is 5.91 Å². The molecule has 1 aromatic carbocycles. The summed E-state index contributed by atoms with van der Waals surface area (Å²) in [5.41, 5.74) is 1.35. The number of benzene rings is 1. The number of nitrogens with one attached hydrogen (secondary N) is 1. The Morgan fingerprint density at radius 1 is 1.18 bits per heavy atom. The summed E-state index contributed by atoms with van der Waals surface area (Å²) in [6.45, 7) is 3.35. The number of unbranched alkanes of at least 4 members (excludes halogenated alkanes) is 1. The van der Waals surface area contributed by atoms with E-state index in [1.165, 1.54) is 22.8 Å². The third-order valence-corrected chi connectivity index (χ3v) is 4.91. The zero-order chi connectivity index (χ0) is 24.2. The van der Waals surface area contributed by atoms with Crippen molar-refractivity contribution in [3.05, 3.63) is 58.6 Å². The maximum Gasteiger partial charge on any atom is 0.573 e. The predicted molar refractivity (Wildman–Crippen MR) is 117 cm³/mol. The van der Waals surface area contributed by atoms with Gasteiger partial charge in [-0.2, -0.15) is 0 Å². The second kappa shape index (κ2) is 10.1. The average molecular weight is 465 g/mol. The van der Waals surface area contributed by atoms with E-state index in [2.05, 4.69) is 10.1 Å². The van der Waals surface area contributed by atoms with E-state index in [4.69, 9.17) is 5.11 Å². The fourth-order valence-electron chi connectivity index (χ4n) is 3.59. The highest BCUT2D eigenvalue weighted by Gasteiger charge is 2.31. The van der Waals surface area contributed by atoms with E-state index in [0.717, 1.165) is 12.0 Å². The van der Waals surface area contributed by atoms with Gasteiger partial charge in [0, 0.05) is 30.6 Å². The Morgan fingerprint density at radius 3 is 2.61 bits per heavy atom. The van der Waals surface area contributed by atoms with E-state index < -0.39 is 23.6 Å². The van der Waals surface area contributed by atoms with E-state index in [1.807, 2.05) is 0 Å². The molecule has 0 atom stereocenters. The van der Waals surface area contributed by atoms with Gasteiger partial charge in [0.05, 0.1) is 5.69 Å². The maximum absolute atomic E-state index is 13.3. The van der Waals surface area contributed by atoms with Crippen LogP contribution >= 0.6 is 0 Å². The number of carbonyl (C=O) groups is 1. The van der Waals surface area contributed by atoms with Crippen molar-refractivity contribution in [3.63, 3.8) is 0 Å². The molecule has 2 heterocycles. The number of hydrogen-bond donors (Lipinski definition) is 2. The molecule has 0 bridgehead atoms. The quantitative estimate of drug-likeness (QED) is 0.474. The third-order valence-electron chi connectivity index (χ3n) is 4.91. The molecular weight excluding hydrogens is 439 g/mol. The topological polar surface area (TPSA) is 85.0 Å². The van der Waals surface area contributed by atoms with E-state index in [0.29, 0.717) is 23.9 Å². The van der Waals surface area contributed by atoms with Gasteiger partial charge >= 0.3 is 6.36 Å². The molecule has 10 heteroatoms. The van der Waals surface area contributed by atoms with Gasteiger partial charge in [0.15, 0.2) is 0 Å². The molecule has 33 heavy (non-hydrogen) atoms. The van der Waals surface area contributed by atoms with Gasteiger partial charge in [-0.3, -0.25) is 14.2 Å². The van der Waals surface area contributed by atoms with E-state index in [-0.39, 0.29) is 24.9 Å². The summed E-state index contributed by atoms with van der Waals surface area (Å²) in [4.78, 5) is 25.8. The molecule has 0 aliphatic heterocycles. The van der Waals surface area contributed by atoms with Crippen molar-refractivity contribution >= 4 is 11.4 Å². The number of halogens is 3. The van der Waals surface area contributed by atoms with Gasteiger partial charge in [-0.25, -0.2) is 0 Å². The van der Waals surface area contributed by atoms with Crippen molar-refractivity contribution in [2.45, 2.75) is 52.1 Å². The summed E-state index contributed by atoms with van der Waals surface area (Å²) in [6, 6.07) is 6.86. The smallest absolute Gasteiger partial charge is 0.406 e. The molecule has 3 rings (SSSR count). The summed E-state index contributed by atoms with van der Waals surface area (Å²) >= 11 is 0. The number of carbonyl (C=O) groups excluding carboxylic acids is 1. The minimum absolute atomic E-state index is 0.0750. The number of rotatable bonds is 9. The Balaban J connectivity index is 2.11. The lowest BCUT2D eigenvalue weighted by atomic mass is 10.1. The lowest BCUT2D eigenvalue weighted by Crippen LogP contribution is -2.36. The fourth-order valence-corrected chi connectivity index (χ4v) is 3.59. The Kier molecular flexibility index (Phi) is 7.47. The molecule has 1 amide bonds. The SMILES string of the molecule is CC(C)NC(=O)Cn1c(-c2cccc(OC(F)(F)F)c2)cn2cc(CCCCO)cc2c1=O. The first kappa shape index (κ1) is 24.4. The molecule has 178 valence electrons. The molecule has 0 fully saturated rings. The van der Waals surface area contributed by atoms with Gasteiger partial charge < -0.3 is 19.6 Å². The van der Waals surface area contributed by atoms with Gasteiger partial charge in [-0.05, 0) is 56.9 Å². The normalized spacial score (nSPS) is 11.8. The number of amides is 1. The molecule has 0 aliphatic carbocycles. The summed E-state index contributed by atoms with van der Waals surface area (Å²) in [6.07, 6.45) is 0.544. The predicted octanol–water partition coefficient (Wildman–Crippen LogP) is 3.51. The molecule has 7 nitrogen and oxygen atoms in total. The van der Waals surface area contributed by atoms with Gasteiger partial charge in [-0.1, -0.05) is 12.1 Å². The minimum Gasteiger partial charge on any atom is -0.406 e. The first-order chi connectivity index (χ1) is 15.6. The molecule has 0 saturated carbocycles. The van der Waals surface area contributed by atoms with Gasteiger partial charge in [-0.15, -0.1) is 13.2 Å². The number of aromatic nitrogens is 2. The van der Waals surface area contributed by atoms with Crippen LogP contribution in [0.3, 0.4) is 0 Å². The Labute approximate surface area is 188 Å². The van der Waals surface area contributed by atoms with E-state index in [1.54, 1.807) is 42.8 Å². The number of aryl methyl sites for hydroxylation is 1. The molecule has 0 saturated heterocycles. The zero-order valence-electron chi connectivity index (χ0n) is 18.4. The molecule has 2 N–H and O–H groups in total. The van der Waals surface area contributed by atoms with Crippen LogP contribution in [0.5, 0.6) is 5.75 Å². The van der Waals surface area contributed by atoms with Crippen LogP contribution < -0.4 is 15.6 Å².